The van der Waals surface area contributed by atoms with Gasteiger partial charge in [0.25, 0.3) is 5.91 Å². The number of hydrogen-bond donors (Lipinski definition) is 1. The Morgan fingerprint density at radius 1 is 1.37 bits per heavy atom. The lowest BCUT2D eigenvalue weighted by molar-refractivity contribution is 0.0950. The molecule has 0 radical (unpaired) electrons. The second-order valence-electron chi connectivity index (χ2n) is 3.85. The fourth-order valence-electron chi connectivity index (χ4n) is 1.40. The fraction of sp³-hybridized carbons (Fsp3) is 0.417. The zero-order chi connectivity index (χ0) is 14.4. The highest BCUT2D eigenvalue weighted by Gasteiger charge is 2.15. The topological polar surface area (TPSA) is 38.3 Å². The largest absolute Gasteiger partial charge is 0.384 e. The Morgan fingerprint density at radius 3 is 2.47 bits per heavy atom. The molecule has 0 saturated heterocycles. The first-order valence-corrected chi connectivity index (χ1v) is 6.43. The predicted molar refractivity (Wildman–Crippen MR) is 67.9 cm³/mol. The molecule has 1 aromatic rings. The molecule has 0 saturated carbocycles. The number of halogens is 4. The summed E-state index contributed by atoms with van der Waals surface area (Å²) in [5, 5.41) is 2.48. The molecule has 0 aromatic heterocycles. The molecule has 0 aliphatic carbocycles. The summed E-state index contributed by atoms with van der Waals surface area (Å²) >= 11 is 3.33. The van der Waals surface area contributed by atoms with E-state index in [0.29, 0.717) is 31.7 Å². The normalized spacial score (nSPS) is 12.3. The number of benzene rings is 1. The average molecular weight is 340 g/mol. The Balaban J connectivity index is 2.55. The Hall–Kier alpha value is -1.08. The second-order valence-corrected chi connectivity index (χ2v) is 5.15. The molecule has 0 aliphatic rings. The fourth-order valence-corrected chi connectivity index (χ4v) is 1.89. The SMILES string of the molecule is COCC(Br)CCNC(=O)c1cc(F)c(F)c(F)c1. The number of alkyl halides is 1. The Morgan fingerprint density at radius 2 is 1.95 bits per heavy atom. The van der Waals surface area contributed by atoms with Crippen LogP contribution in [-0.2, 0) is 4.74 Å². The minimum Gasteiger partial charge on any atom is -0.384 e. The van der Waals surface area contributed by atoms with E-state index in [1.807, 2.05) is 0 Å². The summed E-state index contributed by atoms with van der Waals surface area (Å²) in [5.74, 6) is -5.02. The standard InChI is InChI=1S/C12H13BrF3NO2/c1-19-6-8(13)2-3-17-12(18)7-4-9(14)11(16)10(15)5-7/h4-5,8H,2-3,6H2,1H3,(H,17,18). The van der Waals surface area contributed by atoms with Crippen molar-refractivity contribution in [3.8, 4) is 0 Å². The molecule has 1 unspecified atom stereocenters. The number of hydrogen-bond acceptors (Lipinski definition) is 2. The molecule has 1 atom stereocenters. The van der Waals surface area contributed by atoms with Crippen LogP contribution in [0.2, 0.25) is 0 Å². The van der Waals surface area contributed by atoms with Gasteiger partial charge in [0.2, 0.25) is 0 Å². The molecular weight excluding hydrogens is 327 g/mol. The summed E-state index contributed by atoms with van der Waals surface area (Å²) < 4.78 is 43.5. The van der Waals surface area contributed by atoms with Crippen LogP contribution in [0.1, 0.15) is 16.8 Å². The van der Waals surface area contributed by atoms with Crippen LogP contribution in [0.15, 0.2) is 12.1 Å². The summed E-state index contributed by atoms with van der Waals surface area (Å²) in [6.45, 7) is 0.786. The van der Waals surface area contributed by atoms with Crippen molar-refractivity contribution >= 4 is 21.8 Å². The predicted octanol–water partition coefficient (Wildman–Crippen LogP) is 2.63. The lowest BCUT2D eigenvalue weighted by Crippen LogP contribution is -2.27. The van der Waals surface area contributed by atoms with E-state index in [0.717, 1.165) is 0 Å². The smallest absolute Gasteiger partial charge is 0.251 e. The first-order chi connectivity index (χ1) is 8.95. The molecule has 106 valence electrons. The van der Waals surface area contributed by atoms with Gasteiger partial charge in [0.05, 0.1) is 6.61 Å². The van der Waals surface area contributed by atoms with Crippen LogP contribution < -0.4 is 5.32 Å². The third-order valence-electron chi connectivity index (χ3n) is 2.34. The van der Waals surface area contributed by atoms with Crippen LogP contribution in [0.4, 0.5) is 13.2 Å². The van der Waals surface area contributed by atoms with Crippen LogP contribution in [0, 0.1) is 17.5 Å². The van der Waals surface area contributed by atoms with Crippen molar-refractivity contribution in [3.05, 3.63) is 35.1 Å². The minimum absolute atomic E-state index is 0.0690. The van der Waals surface area contributed by atoms with Gasteiger partial charge >= 0.3 is 0 Å². The molecule has 1 rings (SSSR count). The van der Waals surface area contributed by atoms with Crippen molar-refractivity contribution in [1.82, 2.24) is 5.32 Å². The van der Waals surface area contributed by atoms with Gasteiger partial charge in [-0.25, -0.2) is 13.2 Å². The third kappa shape index (κ3) is 4.83. The van der Waals surface area contributed by atoms with Gasteiger partial charge in [-0.1, -0.05) is 15.9 Å². The van der Waals surface area contributed by atoms with E-state index in [1.165, 1.54) is 0 Å². The molecule has 1 aromatic carbocycles. The van der Waals surface area contributed by atoms with Crippen molar-refractivity contribution in [1.29, 1.82) is 0 Å². The van der Waals surface area contributed by atoms with Crippen molar-refractivity contribution in [2.45, 2.75) is 11.2 Å². The van der Waals surface area contributed by atoms with Crippen molar-refractivity contribution in [2.24, 2.45) is 0 Å². The highest BCUT2D eigenvalue weighted by molar-refractivity contribution is 9.09. The first-order valence-electron chi connectivity index (χ1n) is 5.51. The van der Waals surface area contributed by atoms with Gasteiger partial charge in [-0.15, -0.1) is 0 Å². The maximum absolute atomic E-state index is 12.9. The number of nitrogens with one attached hydrogen (secondary N) is 1. The Kier molecular flexibility index (Phi) is 6.30. The maximum atomic E-state index is 12.9. The molecule has 7 heteroatoms. The van der Waals surface area contributed by atoms with E-state index in [-0.39, 0.29) is 10.4 Å². The van der Waals surface area contributed by atoms with Gasteiger partial charge in [-0.2, -0.15) is 0 Å². The van der Waals surface area contributed by atoms with Gasteiger partial charge < -0.3 is 10.1 Å². The number of carbonyl (C=O) groups is 1. The molecule has 3 nitrogen and oxygen atoms in total. The average Bonchev–Trinajstić information content (AvgIpc) is 2.35. The van der Waals surface area contributed by atoms with Gasteiger partial charge in [0, 0.05) is 24.0 Å². The van der Waals surface area contributed by atoms with Gasteiger partial charge in [-0.3, -0.25) is 4.79 Å². The summed E-state index contributed by atoms with van der Waals surface area (Å²) in [4.78, 5) is 11.7. The van der Waals surface area contributed by atoms with E-state index in [1.54, 1.807) is 7.11 Å². The van der Waals surface area contributed by atoms with Gasteiger partial charge in [-0.05, 0) is 18.6 Å². The van der Waals surface area contributed by atoms with Crippen molar-refractivity contribution < 1.29 is 22.7 Å². The number of ether oxygens (including phenoxy) is 1. The van der Waals surface area contributed by atoms with E-state index in [9.17, 15) is 18.0 Å². The van der Waals surface area contributed by atoms with Gasteiger partial charge in [0.15, 0.2) is 17.5 Å². The number of methoxy groups -OCH3 is 1. The molecule has 0 bridgehead atoms. The summed E-state index contributed by atoms with van der Waals surface area (Å²) in [7, 11) is 1.55. The number of carbonyl (C=O) groups excluding carboxylic acids is 1. The Bertz CT molecular complexity index is 434. The van der Waals surface area contributed by atoms with Gasteiger partial charge in [0.1, 0.15) is 0 Å². The van der Waals surface area contributed by atoms with E-state index < -0.39 is 23.4 Å². The van der Waals surface area contributed by atoms with Crippen molar-refractivity contribution in [2.75, 3.05) is 20.3 Å². The maximum Gasteiger partial charge on any atom is 0.251 e. The molecule has 0 aliphatic heterocycles. The molecule has 0 spiro atoms. The highest BCUT2D eigenvalue weighted by Crippen LogP contribution is 2.13. The molecular formula is C12H13BrF3NO2. The lowest BCUT2D eigenvalue weighted by Gasteiger charge is -2.09. The zero-order valence-electron chi connectivity index (χ0n) is 10.2. The van der Waals surface area contributed by atoms with Crippen LogP contribution in [0.5, 0.6) is 0 Å². The minimum atomic E-state index is -1.59. The molecule has 19 heavy (non-hydrogen) atoms. The molecule has 0 heterocycles. The molecule has 1 N–H and O–H groups in total. The van der Waals surface area contributed by atoms with E-state index in [2.05, 4.69) is 21.2 Å². The van der Waals surface area contributed by atoms with Crippen LogP contribution in [-0.4, -0.2) is 31.0 Å². The lowest BCUT2D eigenvalue weighted by atomic mass is 10.2. The first kappa shape index (κ1) is 16.0. The van der Waals surface area contributed by atoms with Crippen LogP contribution >= 0.6 is 15.9 Å². The van der Waals surface area contributed by atoms with E-state index >= 15 is 0 Å². The summed E-state index contributed by atoms with van der Waals surface area (Å²) in [6, 6.07) is 1.32. The van der Waals surface area contributed by atoms with Crippen molar-refractivity contribution in [3.63, 3.8) is 0 Å². The van der Waals surface area contributed by atoms with Crippen LogP contribution in [0.25, 0.3) is 0 Å². The third-order valence-corrected chi connectivity index (χ3v) is 3.06. The summed E-state index contributed by atoms with van der Waals surface area (Å²) in [6.07, 6.45) is 0.589. The highest BCUT2D eigenvalue weighted by atomic mass is 79.9. The zero-order valence-corrected chi connectivity index (χ0v) is 11.8. The Labute approximate surface area is 117 Å². The number of rotatable bonds is 6. The quantitative estimate of drug-likeness (QED) is 0.639. The van der Waals surface area contributed by atoms with Crippen LogP contribution in [0.3, 0.4) is 0 Å². The number of amides is 1. The molecule has 0 fully saturated rings. The summed E-state index contributed by atoms with van der Waals surface area (Å²) in [5.41, 5.74) is -0.255. The second kappa shape index (κ2) is 7.49. The monoisotopic (exact) mass is 339 g/mol. The molecule has 1 amide bonds. The van der Waals surface area contributed by atoms with E-state index in [4.69, 9.17) is 4.74 Å².